The fraction of sp³-hybridized carbons (Fsp3) is 0.661. The third-order valence-corrected chi connectivity index (χ3v) is 11.5. The normalized spacial score (nSPS) is 17.7. The van der Waals surface area contributed by atoms with E-state index < -0.39 is 5.79 Å². The predicted molar refractivity (Wildman–Crippen MR) is 273 cm³/mol. The Hall–Kier alpha value is -3.83. The summed E-state index contributed by atoms with van der Waals surface area (Å²) in [5.41, 5.74) is 0. The molecule has 2 fully saturated rings. The molecule has 0 aromatic heterocycles. The lowest BCUT2D eigenvalue weighted by atomic mass is 10.1. The van der Waals surface area contributed by atoms with Crippen molar-refractivity contribution in [1.29, 1.82) is 0 Å². The van der Waals surface area contributed by atoms with E-state index in [0.717, 1.165) is 129 Å². The largest absolute Gasteiger partial charge is 0.466 e. The lowest BCUT2D eigenvalue weighted by Gasteiger charge is -2.46. The summed E-state index contributed by atoms with van der Waals surface area (Å²) >= 11 is 0. The van der Waals surface area contributed by atoms with E-state index in [-0.39, 0.29) is 43.3 Å². The van der Waals surface area contributed by atoms with Crippen LogP contribution in [0.5, 0.6) is 0 Å². The Balaban J connectivity index is 1.69. The van der Waals surface area contributed by atoms with Crippen LogP contribution >= 0.6 is 0 Å². The molecule has 2 rings (SSSR count). The fourth-order valence-electron chi connectivity index (χ4n) is 7.56. The van der Waals surface area contributed by atoms with Crippen molar-refractivity contribution < 1.29 is 33.3 Å². The monoisotopic (exact) mass is 918 g/mol. The van der Waals surface area contributed by atoms with Gasteiger partial charge in [0.2, 0.25) is 11.7 Å². The first-order valence-electron chi connectivity index (χ1n) is 25.7. The molecule has 0 bridgehead atoms. The van der Waals surface area contributed by atoms with Crippen LogP contribution in [0.1, 0.15) is 155 Å². The number of likely N-dealkylation sites (N-methyl/N-ethyl adjacent to an activating group) is 2. The van der Waals surface area contributed by atoms with E-state index in [1.807, 2.05) is 0 Å². The van der Waals surface area contributed by atoms with Gasteiger partial charge in [0.1, 0.15) is 0 Å². The second-order valence-electron chi connectivity index (χ2n) is 17.9. The molecule has 10 nitrogen and oxygen atoms in total. The third kappa shape index (κ3) is 30.5. The van der Waals surface area contributed by atoms with E-state index in [1.54, 1.807) is 4.90 Å². The third-order valence-electron chi connectivity index (χ3n) is 11.5. The number of unbranched alkanes of at least 4 members (excludes halogenated alkanes) is 6. The Morgan fingerprint density at radius 1 is 0.515 bits per heavy atom. The van der Waals surface area contributed by atoms with Crippen LogP contribution in [-0.2, 0) is 33.3 Å². The standard InChI is InChI=1S/C56H91N3O7/c1-6-8-10-12-14-16-18-20-22-24-26-28-30-32-34-36-40-54(61)63-47-42-51-52(66-56(65-51)49-59(50-56)53(60)39-38-44-58(5)46-45-57(3)4)43-48-64-55(62)41-37-35-33-31-29-27-25-23-21-19-17-15-13-11-9-7-2/h8-11,14-17,20-23,26-29,51-52H,6-7,12-13,18-19,24-25,30-50H2,1-5H3/b10-8-,11-9-,16-14-,17-15-,22-20-,23-21-,28-26-,29-27-. The van der Waals surface area contributed by atoms with Crippen molar-refractivity contribution in [3.05, 3.63) is 97.2 Å². The number of nitrogens with zero attached hydrogens (tertiary/aromatic N) is 3. The second kappa shape index (κ2) is 39.2. The van der Waals surface area contributed by atoms with Gasteiger partial charge in [-0.3, -0.25) is 14.4 Å². The molecule has 1 amide bonds. The first-order chi connectivity index (χ1) is 32.2. The minimum absolute atomic E-state index is 0.105. The zero-order valence-electron chi connectivity index (χ0n) is 42.1. The predicted octanol–water partition coefficient (Wildman–Crippen LogP) is 12.0. The van der Waals surface area contributed by atoms with Crippen LogP contribution in [0.15, 0.2) is 97.2 Å². The molecule has 2 aliphatic rings. The van der Waals surface area contributed by atoms with Gasteiger partial charge in [-0.1, -0.05) is 124 Å². The van der Waals surface area contributed by atoms with Gasteiger partial charge in [-0.15, -0.1) is 0 Å². The Kier molecular flexibility index (Phi) is 34.6. The van der Waals surface area contributed by atoms with Gasteiger partial charge in [-0.2, -0.15) is 0 Å². The molecule has 0 aliphatic carbocycles. The van der Waals surface area contributed by atoms with Crippen molar-refractivity contribution in [3.63, 3.8) is 0 Å². The zero-order chi connectivity index (χ0) is 47.8. The number of rotatable bonds is 39. The minimum Gasteiger partial charge on any atom is -0.466 e. The maximum Gasteiger partial charge on any atom is 0.305 e. The van der Waals surface area contributed by atoms with Gasteiger partial charge in [0.25, 0.3) is 0 Å². The first-order valence-corrected chi connectivity index (χ1v) is 25.7. The number of allylic oxidation sites excluding steroid dienone is 16. The topological polar surface area (TPSA) is 97.9 Å². The van der Waals surface area contributed by atoms with Crippen LogP contribution in [0.3, 0.4) is 0 Å². The average molecular weight is 918 g/mol. The van der Waals surface area contributed by atoms with Gasteiger partial charge >= 0.3 is 11.9 Å². The summed E-state index contributed by atoms with van der Waals surface area (Å²) in [6, 6.07) is 0. The van der Waals surface area contributed by atoms with E-state index in [4.69, 9.17) is 18.9 Å². The van der Waals surface area contributed by atoms with Crippen molar-refractivity contribution in [1.82, 2.24) is 14.7 Å². The molecular formula is C56H91N3O7. The lowest BCUT2D eigenvalue weighted by Crippen LogP contribution is -2.64. The van der Waals surface area contributed by atoms with Crippen molar-refractivity contribution in [2.75, 3.05) is 67.1 Å². The number of likely N-dealkylation sites (tertiary alicyclic amines) is 1. The van der Waals surface area contributed by atoms with E-state index in [9.17, 15) is 14.4 Å². The van der Waals surface area contributed by atoms with Crippen molar-refractivity contribution in [2.45, 2.75) is 173 Å². The Morgan fingerprint density at radius 2 is 0.924 bits per heavy atom. The first kappa shape index (κ1) is 58.3. The number of hydrogen-bond donors (Lipinski definition) is 0. The molecule has 10 heteroatoms. The number of ether oxygens (including phenoxy) is 4. The van der Waals surface area contributed by atoms with E-state index >= 15 is 0 Å². The van der Waals surface area contributed by atoms with Gasteiger partial charge in [0, 0.05) is 45.2 Å². The summed E-state index contributed by atoms with van der Waals surface area (Å²) in [7, 11) is 6.22. The Labute approximate surface area is 402 Å². The van der Waals surface area contributed by atoms with Crippen LogP contribution in [0.4, 0.5) is 0 Å². The highest BCUT2D eigenvalue weighted by molar-refractivity contribution is 5.77. The average Bonchev–Trinajstić information content (AvgIpc) is 3.66. The summed E-state index contributed by atoms with van der Waals surface area (Å²) in [6.07, 6.45) is 53.3. The maximum atomic E-state index is 13.0. The minimum atomic E-state index is -0.872. The number of hydrogen-bond acceptors (Lipinski definition) is 9. The molecule has 0 aromatic carbocycles. The molecule has 2 atom stereocenters. The van der Waals surface area contributed by atoms with Crippen LogP contribution in [-0.4, -0.2) is 118 Å². The number of carbonyl (C=O) groups excluding carboxylic acids is 3. The Bertz CT molecular complexity index is 1430. The maximum absolute atomic E-state index is 13.0. The molecule has 0 N–H and O–H groups in total. The molecular weight excluding hydrogens is 827 g/mol. The number of esters is 2. The van der Waals surface area contributed by atoms with Gasteiger partial charge < -0.3 is 33.6 Å². The van der Waals surface area contributed by atoms with E-state index in [1.165, 1.54) is 0 Å². The molecule has 2 unspecified atom stereocenters. The highest BCUT2D eigenvalue weighted by Crippen LogP contribution is 2.39. The van der Waals surface area contributed by atoms with E-state index in [0.29, 0.717) is 45.2 Å². The SMILES string of the molecule is CC/C=C\C/C=C\C/C=C\C/C=C\CCCCCC(=O)OCCC1OC2(CN(C(=O)CCCN(C)CCN(C)C)C2)OC1CCOC(=O)CCCCC/C=C\C/C=C\C/C=C\C/C=C\CC. The van der Waals surface area contributed by atoms with Gasteiger partial charge in [-0.05, 0) is 124 Å². The van der Waals surface area contributed by atoms with Crippen LogP contribution < -0.4 is 0 Å². The zero-order valence-corrected chi connectivity index (χ0v) is 42.1. The summed E-state index contributed by atoms with van der Waals surface area (Å²) in [5.74, 6) is -1.16. The van der Waals surface area contributed by atoms with Gasteiger partial charge in [0.15, 0.2) is 0 Å². The summed E-state index contributed by atoms with van der Waals surface area (Å²) in [6.45, 7) is 8.31. The summed E-state index contributed by atoms with van der Waals surface area (Å²) in [5, 5.41) is 0. The van der Waals surface area contributed by atoms with Crippen molar-refractivity contribution >= 4 is 17.8 Å². The highest BCUT2D eigenvalue weighted by Gasteiger charge is 2.56. The molecule has 2 saturated heterocycles. The second-order valence-corrected chi connectivity index (χ2v) is 17.9. The molecule has 372 valence electrons. The molecule has 66 heavy (non-hydrogen) atoms. The van der Waals surface area contributed by atoms with Gasteiger partial charge in [-0.25, -0.2) is 0 Å². The number of carbonyl (C=O) groups is 3. The quantitative estimate of drug-likeness (QED) is 0.0339. The molecule has 2 aliphatic heterocycles. The molecule has 1 spiro atoms. The van der Waals surface area contributed by atoms with Crippen molar-refractivity contribution in [3.8, 4) is 0 Å². The highest BCUT2D eigenvalue weighted by atomic mass is 16.8. The van der Waals surface area contributed by atoms with Crippen LogP contribution in [0.25, 0.3) is 0 Å². The van der Waals surface area contributed by atoms with E-state index in [2.05, 4.69) is 142 Å². The number of amides is 1. The molecule has 2 heterocycles. The molecule has 0 radical (unpaired) electrons. The molecule has 0 aromatic rings. The van der Waals surface area contributed by atoms with Crippen LogP contribution in [0.2, 0.25) is 0 Å². The van der Waals surface area contributed by atoms with Crippen LogP contribution in [0, 0.1) is 0 Å². The Morgan fingerprint density at radius 3 is 1.33 bits per heavy atom. The lowest BCUT2D eigenvalue weighted by molar-refractivity contribution is -0.249. The summed E-state index contributed by atoms with van der Waals surface area (Å²) in [4.78, 5) is 44.5. The van der Waals surface area contributed by atoms with Gasteiger partial charge in [0.05, 0.1) is 38.5 Å². The smallest absolute Gasteiger partial charge is 0.305 e. The van der Waals surface area contributed by atoms with Crippen molar-refractivity contribution in [2.24, 2.45) is 0 Å². The molecule has 0 saturated carbocycles. The summed E-state index contributed by atoms with van der Waals surface area (Å²) < 4.78 is 24.2. The fourth-order valence-corrected chi connectivity index (χ4v) is 7.56.